The van der Waals surface area contributed by atoms with Crippen LogP contribution in [0.25, 0.3) is 0 Å². The summed E-state index contributed by atoms with van der Waals surface area (Å²) in [5, 5.41) is 0. The van der Waals surface area contributed by atoms with E-state index in [2.05, 4.69) is 6.58 Å². The van der Waals surface area contributed by atoms with Crippen LogP contribution in [0, 0.1) is 0 Å². The van der Waals surface area contributed by atoms with Crippen LogP contribution in [0.5, 0.6) is 11.5 Å². The largest absolute Gasteiger partial charge is 0.490 e. The normalized spacial score (nSPS) is 9.76. The standard InChI is InChI=1S/C14H18O3/c1-4-11(3)10-17-13-7-6-12(9-15)8-14(13)16-5-2/h6-9H,3-5,10H2,1-2H3. The second-order valence-corrected chi connectivity index (χ2v) is 3.65. The van der Waals surface area contributed by atoms with Gasteiger partial charge in [0.1, 0.15) is 12.9 Å². The van der Waals surface area contributed by atoms with Gasteiger partial charge in [0.2, 0.25) is 0 Å². The molecular formula is C14H18O3. The molecule has 3 nitrogen and oxygen atoms in total. The van der Waals surface area contributed by atoms with Gasteiger partial charge < -0.3 is 9.47 Å². The van der Waals surface area contributed by atoms with Crippen molar-refractivity contribution in [3.05, 3.63) is 35.9 Å². The zero-order chi connectivity index (χ0) is 12.7. The Hall–Kier alpha value is -1.77. The van der Waals surface area contributed by atoms with Crippen LogP contribution in [-0.4, -0.2) is 19.5 Å². The monoisotopic (exact) mass is 234 g/mol. The Labute approximate surface area is 102 Å². The second-order valence-electron chi connectivity index (χ2n) is 3.65. The van der Waals surface area contributed by atoms with Gasteiger partial charge in [-0.1, -0.05) is 13.5 Å². The van der Waals surface area contributed by atoms with E-state index < -0.39 is 0 Å². The average Bonchev–Trinajstić information content (AvgIpc) is 2.37. The first-order chi connectivity index (χ1) is 8.21. The van der Waals surface area contributed by atoms with Crippen molar-refractivity contribution in [1.29, 1.82) is 0 Å². The first kappa shape index (κ1) is 13.3. The summed E-state index contributed by atoms with van der Waals surface area (Å²) >= 11 is 0. The van der Waals surface area contributed by atoms with Gasteiger partial charge >= 0.3 is 0 Å². The summed E-state index contributed by atoms with van der Waals surface area (Å²) in [6, 6.07) is 5.14. The molecule has 17 heavy (non-hydrogen) atoms. The molecule has 0 unspecified atom stereocenters. The molecule has 0 aliphatic heterocycles. The van der Waals surface area contributed by atoms with Gasteiger partial charge in [0, 0.05) is 5.56 Å². The summed E-state index contributed by atoms with van der Waals surface area (Å²) in [6.45, 7) is 8.80. The highest BCUT2D eigenvalue weighted by Gasteiger charge is 2.06. The van der Waals surface area contributed by atoms with Crippen LogP contribution in [0.1, 0.15) is 30.6 Å². The van der Waals surface area contributed by atoms with E-state index in [4.69, 9.17) is 9.47 Å². The van der Waals surface area contributed by atoms with Crippen molar-refractivity contribution in [1.82, 2.24) is 0 Å². The van der Waals surface area contributed by atoms with E-state index in [-0.39, 0.29) is 0 Å². The summed E-state index contributed by atoms with van der Waals surface area (Å²) in [4.78, 5) is 10.7. The Morgan fingerprint density at radius 3 is 2.65 bits per heavy atom. The number of carbonyl (C=O) groups excluding carboxylic acids is 1. The predicted molar refractivity (Wildman–Crippen MR) is 67.9 cm³/mol. The van der Waals surface area contributed by atoms with Crippen molar-refractivity contribution in [2.45, 2.75) is 20.3 Å². The number of carbonyl (C=O) groups is 1. The van der Waals surface area contributed by atoms with Gasteiger partial charge in [-0.2, -0.15) is 0 Å². The third-order valence-corrected chi connectivity index (χ3v) is 2.34. The van der Waals surface area contributed by atoms with Gasteiger partial charge in [0.25, 0.3) is 0 Å². The molecule has 0 atom stereocenters. The maximum atomic E-state index is 10.7. The molecule has 0 heterocycles. The van der Waals surface area contributed by atoms with Gasteiger partial charge in [0.15, 0.2) is 11.5 Å². The predicted octanol–water partition coefficient (Wildman–Crippen LogP) is 3.24. The van der Waals surface area contributed by atoms with Gasteiger partial charge in [-0.05, 0) is 37.1 Å². The van der Waals surface area contributed by atoms with E-state index in [1.807, 2.05) is 13.8 Å². The van der Waals surface area contributed by atoms with E-state index in [0.29, 0.717) is 30.3 Å². The van der Waals surface area contributed by atoms with Crippen molar-refractivity contribution in [2.75, 3.05) is 13.2 Å². The van der Waals surface area contributed by atoms with Crippen molar-refractivity contribution in [3.8, 4) is 11.5 Å². The third kappa shape index (κ3) is 3.94. The summed E-state index contributed by atoms with van der Waals surface area (Å²) in [5.41, 5.74) is 1.60. The Morgan fingerprint density at radius 1 is 1.29 bits per heavy atom. The molecule has 0 aliphatic carbocycles. The van der Waals surface area contributed by atoms with E-state index in [0.717, 1.165) is 18.3 Å². The number of hydrogen-bond donors (Lipinski definition) is 0. The molecule has 0 N–H and O–H groups in total. The van der Waals surface area contributed by atoms with E-state index in [1.54, 1.807) is 18.2 Å². The Bertz CT molecular complexity index is 396. The lowest BCUT2D eigenvalue weighted by Gasteiger charge is -2.12. The molecule has 0 fully saturated rings. The lowest BCUT2D eigenvalue weighted by Crippen LogP contribution is -2.02. The molecule has 0 spiro atoms. The van der Waals surface area contributed by atoms with Crippen LogP contribution in [0.2, 0.25) is 0 Å². The highest BCUT2D eigenvalue weighted by atomic mass is 16.5. The molecule has 1 aromatic carbocycles. The van der Waals surface area contributed by atoms with Crippen LogP contribution in [-0.2, 0) is 0 Å². The summed E-state index contributed by atoms with van der Waals surface area (Å²) in [5.74, 6) is 1.24. The smallest absolute Gasteiger partial charge is 0.161 e. The molecule has 0 aromatic heterocycles. The average molecular weight is 234 g/mol. The third-order valence-electron chi connectivity index (χ3n) is 2.34. The highest BCUT2D eigenvalue weighted by molar-refractivity contribution is 5.76. The van der Waals surface area contributed by atoms with E-state index >= 15 is 0 Å². The molecule has 0 amide bonds. The Kier molecular flexibility index (Phi) is 5.27. The maximum Gasteiger partial charge on any atom is 0.161 e. The summed E-state index contributed by atoms with van der Waals surface area (Å²) < 4.78 is 11.0. The fourth-order valence-corrected chi connectivity index (χ4v) is 1.27. The van der Waals surface area contributed by atoms with Crippen LogP contribution in [0.15, 0.2) is 30.4 Å². The van der Waals surface area contributed by atoms with E-state index in [1.165, 1.54) is 0 Å². The molecule has 0 aliphatic rings. The molecule has 0 saturated heterocycles. The van der Waals surface area contributed by atoms with Crippen LogP contribution < -0.4 is 9.47 Å². The topological polar surface area (TPSA) is 35.5 Å². The van der Waals surface area contributed by atoms with Gasteiger partial charge in [-0.3, -0.25) is 4.79 Å². The molecule has 3 heteroatoms. The first-order valence-corrected chi connectivity index (χ1v) is 5.72. The molecule has 1 aromatic rings. The molecule has 0 saturated carbocycles. The molecule has 0 radical (unpaired) electrons. The van der Waals surface area contributed by atoms with Crippen molar-refractivity contribution in [2.24, 2.45) is 0 Å². The van der Waals surface area contributed by atoms with Crippen LogP contribution in [0.4, 0.5) is 0 Å². The zero-order valence-corrected chi connectivity index (χ0v) is 10.4. The van der Waals surface area contributed by atoms with Crippen molar-refractivity contribution < 1.29 is 14.3 Å². The number of aldehydes is 1. The maximum absolute atomic E-state index is 10.7. The lowest BCUT2D eigenvalue weighted by atomic mass is 10.2. The zero-order valence-electron chi connectivity index (χ0n) is 10.4. The van der Waals surface area contributed by atoms with Gasteiger partial charge in [0.05, 0.1) is 6.61 Å². The second kappa shape index (κ2) is 6.74. The fraction of sp³-hybridized carbons (Fsp3) is 0.357. The van der Waals surface area contributed by atoms with Crippen LogP contribution >= 0.6 is 0 Å². The minimum absolute atomic E-state index is 0.469. The molecule has 1 rings (SSSR count). The quantitative estimate of drug-likeness (QED) is 0.536. The summed E-state index contributed by atoms with van der Waals surface area (Å²) in [7, 11) is 0. The number of ether oxygens (including phenoxy) is 2. The Balaban J connectivity index is 2.82. The van der Waals surface area contributed by atoms with Crippen molar-refractivity contribution in [3.63, 3.8) is 0 Å². The minimum atomic E-state index is 0.469. The number of benzene rings is 1. The number of hydrogen-bond acceptors (Lipinski definition) is 3. The molecule has 0 bridgehead atoms. The molecular weight excluding hydrogens is 216 g/mol. The highest BCUT2D eigenvalue weighted by Crippen LogP contribution is 2.28. The van der Waals surface area contributed by atoms with Gasteiger partial charge in [-0.15, -0.1) is 0 Å². The van der Waals surface area contributed by atoms with Gasteiger partial charge in [-0.25, -0.2) is 0 Å². The summed E-state index contributed by atoms with van der Waals surface area (Å²) in [6.07, 6.45) is 1.67. The SMILES string of the molecule is C=C(CC)COc1ccc(C=O)cc1OCC. The number of rotatable bonds is 7. The Morgan fingerprint density at radius 2 is 2.06 bits per heavy atom. The van der Waals surface area contributed by atoms with Crippen molar-refractivity contribution >= 4 is 6.29 Å². The van der Waals surface area contributed by atoms with E-state index in [9.17, 15) is 4.79 Å². The fourth-order valence-electron chi connectivity index (χ4n) is 1.27. The lowest BCUT2D eigenvalue weighted by molar-refractivity contribution is 0.112. The minimum Gasteiger partial charge on any atom is -0.490 e. The first-order valence-electron chi connectivity index (χ1n) is 5.72. The molecule has 92 valence electrons. The van der Waals surface area contributed by atoms with Crippen LogP contribution in [0.3, 0.4) is 0 Å².